The molecule has 0 N–H and O–H groups in total. The first-order valence-electron chi connectivity index (χ1n) is 6.38. The van der Waals surface area contributed by atoms with Gasteiger partial charge < -0.3 is 9.47 Å². The van der Waals surface area contributed by atoms with Crippen LogP contribution in [0.4, 0.5) is 0 Å². The van der Waals surface area contributed by atoms with Gasteiger partial charge in [0.25, 0.3) is 0 Å². The van der Waals surface area contributed by atoms with Gasteiger partial charge in [-0.05, 0) is 28.8 Å². The van der Waals surface area contributed by atoms with E-state index in [0.29, 0.717) is 29.9 Å². The molecule has 0 bridgehead atoms. The highest BCUT2D eigenvalue weighted by molar-refractivity contribution is 9.10. The van der Waals surface area contributed by atoms with Crippen LogP contribution >= 0.6 is 15.9 Å². The van der Waals surface area contributed by atoms with Crippen molar-refractivity contribution in [2.75, 3.05) is 20.3 Å². The van der Waals surface area contributed by atoms with Crippen LogP contribution in [0.1, 0.15) is 31.3 Å². The monoisotopic (exact) mass is 332 g/mol. The Morgan fingerprint density at radius 2 is 2.21 bits per heavy atom. The number of methoxy groups -OCH3 is 1. The van der Waals surface area contributed by atoms with Crippen LogP contribution in [0.5, 0.6) is 0 Å². The van der Waals surface area contributed by atoms with Crippen molar-refractivity contribution in [3.05, 3.63) is 16.4 Å². The van der Waals surface area contributed by atoms with Gasteiger partial charge >= 0.3 is 0 Å². The van der Waals surface area contributed by atoms with Crippen LogP contribution in [0.25, 0.3) is 0 Å². The minimum Gasteiger partial charge on any atom is -0.383 e. The Hall–Kier alpha value is -0.720. The van der Waals surface area contributed by atoms with Gasteiger partial charge in [-0.1, -0.05) is 13.8 Å². The molecule has 1 unspecified atom stereocenters. The number of hydrogen-bond acceptors (Lipinski definition) is 4. The average molecular weight is 333 g/mol. The van der Waals surface area contributed by atoms with Gasteiger partial charge in [-0.25, -0.2) is 0 Å². The van der Waals surface area contributed by atoms with Crippen LogP contribution in [0, 0.1) is 5.92 Å². The fourth-order valence-electron chi connectivity index (χ4n) is 1.84. The van der Waals surface area contributed by atoms with Gasteiger partial charge in [0.05, 0.1) is 23.8 Å². The van der Waals surface area contributed by atoms with Crippen molar-refractivity contribution in [3.63, 3.8) is 0 Å². The third-order valence-electron chi connectivity index (χ3n) is 2.75. The zero-order valence-electron chi connectivity index (χ0n) is 11.9. The van der Waals surface area contributed by atoms with E-state index in [9.17, 15) is 4.79 Å². The maximum atomic E-state index is 12.6. The number of ketones is 1. The molecule has 19 heavy (non-hydrogen) atoms. The van der Waals surface area contributed by atoms with Crippen molar-refractivity contribution in [3.8, 4) is 0 Å². The molecule has 1 atom stereocenters. The highest BCUT2D eigenvalue weighted by Crippen LogP contribution is 2.21. The van der Waals surface area contributed by atoms with Crippen molar-refractivity contribution < 1.29 is 14.3 Å². The quantitative estimate of drug-likeness (QED) is 0.686. The normalized spacial score (nSPS) is 12.9. The first kappa shape index (κ1) is 16.3. The molecule has 108 valence electrons. The summed E-state index contributed by atoms with van der Waals surface area (Å²) in [4.78, 5) is 12.6. The molecule has 6 heteroatoms. The third-order valence-corrected chi connectivity index (χ3v) is 3.33. The highest BCUT2D eigenvalue weighted by atomic mass is 79.9. The summed E-state index contributed by atoms with van der Waals surface area (Å²) < 4.78 is 12.9. The predicted octanol–water partition coefficient (Wildman–Crippen LogP) is 2.54. The molecule has 0 saturated carbocycles. The average Bonchev–Trinajstić information content (AvgIpc) is 2.73. The number of halogens is 1. The van der Waals surface area contributed by atoms with Crippen LogP contribution in [0.3, 0.4) is 0 Å². The van der Waals surface area contributed by atoms with Gasteiger partial charge in [0.1, 0.15) is 11.8 Å². The lowest BCUT2D eigenvalue weighted by atomic mass is 10.0. The van der Waals surface area contributed by atoms with Gasteiger partial charge in [0, 0.05) is 13.7 Å². The molecule has 0 spiro atoms. The largest absolute Gasteiger partial charge is 0.383 e. The molecular formula is C13H21BrN2O3. The molecule has 0 fully saturated rings. The summed E-state index contributed by atoms with van der Waals surface area (Å²) in [5, 5.41) is 4.19. The Balaban J connectivity index is 2.99. The number of ether oxygens (including phenoxy) is 2. The number of nitrogens with zero attached hydrogens (tertiary/aromatic N) is 2. The second-order valence-electron chi connectivity index (χ2n) is 4.54. The molecule has 0 aromatic carbocycles. The van der Waals surface area contributed by atoms with Crippen molar-refractivity contribution in [2.24, 2.45) is 5.92 Å². The maximum absolute atomic E-state index is 12.6. The first-order chi connectivity index (χ1) is 9.02. The number of hydrogen-bond donors (Lipinski definition) is 0. The lowest BCUT2D eigenvalue weighted by molar-refractivity contribution is 0.0269. The smallest absolute Gasteiger partial charge is 0.210 e. The molecular weight excluding hydrogens is 312 g/mol. The number of aromatic nitrogens is 2. The maximum Gasteiger partial charge on any atom is 0.210 e. The van der Waals surface area contributed by atoms with E-state index in [4.69, 9.17) is 9.47 Å². The lowest BCUT2D eigenvalue weighted by Gasteiger charge is -2.20. The van der Waals surface area contributed by atoms with E-state index in [2.05, 4.69) is 21.0 Å². The lowest BCUT2D eigenvalue weighted by Crippen LogP contribution is -2.32. The van der Waals surface area contributed by atoms with E-state index in [1.54, 1.807) is 18.0 Å². The van der Waals surface area contributed by atoms with E-state index in [-0.39, 0.29) is 11.7 Å². The Morgan fingerprint density at radius 1 is 1.53 bits per heavy atom. The summed E-state index contributed by atoms with van der Waals surface area (Å²) in [6.45, 7) is 7.40. The van der Waals surface area contributed by atoms with E-state index in [1.807, 2.05) is 20.8 Å². The van der Waals surface area contributed by atoms with E-state index >= 15 is 0 Å². The van der Waals surface area contributed by atoms with Gasteiger partial charge in [-0.2, -0.15) is 5.10 Å². The summed E-state index contributed by atoms with van der Waals surface area (Å²) in [5.41, 5.74) is 0.546. The summed E-state index contributed by atoms with van der Waals surface area (Å²) in [6, 6.07) is 0. The topological polar surface area (TPSA) is 53.3 Å². The Morgan fingerprint density at radius 3 is 2.74 bits per heavy atom. The molecule has 0 aliphatic heterocycles. The summed E-state index contributed by atoms with van der Waals surface area (Å²) in [5.74, 6) is 0.0717. The van der Waals surface area contributed by atoms with E-state index < -0.39 is 6.10 Å². The molecule has 1 heterocycles. The van der Waals surface area contributed by atoms with Gasteiger partial charge in [-0.15, -0.1) is 0 Å². The minimum absolute atomic E-state index is 0.0441. The molecule has 5 nitrogen and oxygen atoms in total. The third kappa shape index (κ3) is 4.12. The molecule has 1 aromatic rings. The number of carbonyl (C=O) groups is 1. The molecule has 1 rings (SSSR count). The fraction of sp³-hybridized carbons (Fsp3) is 0.692. The number of rotatable bonds is 8. The van der Waals surface area contributed by atoms with Gasteiger partial charge in [0.15, 0.2) is 0 Å². The Bertz CT molecular complexity index is 418. The number of Topliss-reactive ketones (excluding diaryl/α,β-unsaturated/α-hetero) is 1. The highest BCUT2D eigenvalue weighted by Gasteiger charge is 2.28. The molecule has 0 radical (unpaired) electrons. The van der Waals surface area contributed by atoms with Gasteiger partial charge in [0.2, 0.25) is 5.78 Å². The Kier molecular flexibility index (Phi) is 6.68. The van der Waals surface area contributed by atoms with Gasteiger partial charge in [-0.3, -0.25) is 9.48 Å². The van der Waals surface area contributed by atoms with Crippen LogP contribution in [-0.2, 0) is 16.0 Å². The van der Waals surface area contributed by atoms with Crippen LogP contribution in [-0.4, -0.2) is 42.0 Å². The minimum atomic E-state index is -0.445. The van der Waals surface area contributed by atoms with Crippen molar-refractivity contribution >= 4 is 21.7 Å². The number of carbonyl (C=O) groups excluding carboxylic acids is 1. The van der Waals surface area contributed by atoms with Crippen LogP contribution in [0.15, 0.2) is 10.7 Å². The summed E-state index contributed by atoms with van der Waals surface area (Å²) in [6.07, 6.45) is 1.19. The fourth-order valence-corrected chi connectivity index (χ4v) is 2.33. The first-order valence-corrected chi connectivity index (χ1v) is 7.18. The van der Waals surface area contributed by atoms with Crippen LogP contribution in [0.2, 0.25) is 0 Å². The summed E-state index contributed by atoms with van der Waals surface area (Å²) >= 11 is 3.38. The van der Waals surface area contributed by atoms with Crippen LogP contribution < -0.4 is 0 Å². The molecule has 0 aliphatic carbocycles. The van der Waals surface area contributed by atoms with Crippen molar-refractivity contribution in [1.82, 2.24) is 9.78 Å². The zero-order chi connectivity index (χ0) is 14.4. The second kappa shape index (κ2) is 7.77. The zero-order valence-corrected chi connectivity index (χ0v) is 13.4. The van der Waals surface area contributed by atoms with E-state index in [0.717, 1.165) is 0 Å². The Labute approximate surface area is 122 Å². The van der Waals surface area contributed by atoms with Crippen molar-refractivity contribution in [1.29, 1.82) is 0 Å². The second-order valence-corrected chi connectivity index (χ2v) is 5.40. The SMILES string of the molecule is CCOC(C(=O)c1c(Br)cnn1CCOC)C(C)C. The molecule has 0 saturated heterocycles. The molecule has 0 aliphatic rings. The molecule has 0 amide bonds. The summed E-state index contributed by atoms with van der Waals surface area (Å²) in [7, 11) is 1.62. The standard InChI is InChI=1S/C13H21BrN2O3/c1-5-19-13(9(2)3)12(17)11-10(14)8-15-16(11)6-7-18-4/h8-9,13H,5-7H2,1-4H3. The predicted molar refractivity (Wildman–Crippen MR) is 76.4 cm³/mol. The molecule has 1 aromatic heterocycles. The van der Waals surface area contributed by atoms with E-state index in [1.165, 1.54) is 0 Å². The van der Waals surface area contributed by atoms with Crippen molar-refractivity contribution in [2.45, 2.75) is 33.4 Å².